The summed E-state index contributed by atoms with van der Waals surface area (Å²) in [6, 6.07) is 10.0. The summed E-state index contributed by atoms with van der Waals surface area (Å²) < 4.78 is 5.54. The van der Waals surface area contributed by atoms with E-state index in [1.54, 1.807) is 6.21 Å². The summed E-state index contributed by atoms with van der Waals surface area (Å²) in [5.74, 6) is 0.893. The Morgan fingerprint density at radius 3 is 2.91 bits per heavy atom. The minimum absolute atomic E-state index is 0.109. The summed E-state index contributed by atoms with van der Waals surface area (Å²) in [4.78, 5) is 7.45. The number of hydrogen-bond acceptors (Lipinski definition) is 5. The fourth-order valence-corrected chi connectivity index (χ4v) is 2.36. The Bertz CT molecular complexity index is 911. The third-order valence-corrected chi connectivity index (χ3v) is 3.55. The summed E-state index contributed by atoms with van der Waals surface area (Å²) in [5, 5.41) is 14.4. The lowest BCUT2D eigenvalue weighted by Gasteiger charge is -1.97. The van der Waals surface area contributed by atoms with Crippen molar-refractivity contribution in [3.63, 3.8) is 0 Å². The van der Waals surface area contributed by atoms with E-state index in [9.17, 15) is 0 Å². The van der Waals surface area contributed by atoms with Gasteiger partial charge in [-0.1, -0.05) is 32.0 Å². The molecule has 0 aliphatic rings. The first-order valence-electron chi connectivity index (χ1n) is 7.37. The number of aromatic amines is 1. The highest BCUT2D eigenvalue weighted by Gasteiger charge is 2.14. The molecular weight excluding hydrogens is 290 g/mol. The highest BCUT2D eigenvalue weighted by atomic mass is 16.4. The normalized spacial score (nSPS) is 11.4. The zero-order valence-corrected chi connectivity index (χ0v) is 13.2. The average Bonchev–Trinajstić information content (AvgIpc) is 3.09. The van der Waals surface area contributed by atoms with E-state index in [0.717, 1.165) is 22.2 Å². The van der Waals surface area contributed by atoms with Crippen molar-refractivity contribution in [2.75, 3.05) is 5.43 Å². The van der Waals surface area contributed by atoms with Gasteiger partial charge in [0.05, 0.1) is 6.21 Å². The van der Waals surface area contributed by atoms with Crippen molar-refractivity contribution in [1.82, 2.24) is 9.97 Å². The molecule has 1 aromatic carbocycles. The predicted molar refractivity (Wildman–Crippen MR) is 89.6 cm³/mol. The molecule has 2 N–H and O–H groups in total. The second kappa shape index (κ2) is 5.97. The smallest absolute Gasteiger partial charge is 0.252 e. The number of rotatable bonds is 4. The Hall–Kier alpha value is -3.07. The van der Waals surface area contributed by atoms with Crippen LogP contribution in [0.2, 0.25) is 0 Å². The standard InChI is InChI=1S/C17H17N5O/c1-10(2)16-21-15(8-18)17(23-16)22-19-9-13-11(3)20-14-7-5-4-6-12(13)14/h4-7,9-10,20,22H,1-3H3/b19-9+. The number of hydrazone groups is 1. The minimum Gasteiger partial charge on any atom is -0.422 e. The number of aromatic nitrogens is 2. The maximum absolute atomic E-state index is 9.11. The SMILES string of the molecule is Cc1[nH]c2ccccc2c1/C=N/Nc1oc(C(C)C)nc1C#N. The molecule has 23 heavy (non-hydrogen) atoms. The number of fused-ring (bicyclic) bond motifs is 1. The van der Waals surface area contributed by atoms with Crippen LogP contribution < -0.4 is 5.43 Å². The van der Waals surface area contributed by atoms with Crippen LogP contribution in [0.3, 0.4) is 0 Å². The number of para-hydroxylation sites is 1. The number of anilines is 1. The maximum atomic E-state index is 9.11. The van der Waals surface area contributed by atoms with E-state index in [0.29, 0.717) is 5.89 Å². The van der Waals surface area contributed by atoms with Crippen molar-refractivity contribution < 1.29 is 4.42 Å². The van der Waals surface area contributed by atoms with E-state index in [1.165, 1.54) is 0 Å². The number of aryl methyl sites for hydroxylation is 1. The minimum atomic E-state index is 0.109. The van der Waals surface area contributed by atoms with E-state index < -0.39 is 0 Å². The molecule has 6 heteroatoms. The molecule has 0 aliphatic heterocycles. The fraction of sp³-hybridized carbons (Fsp3) is 0.235. The third-order valence-electron chi connectivity index (χ3n) is 3.55. The zero-order valence-electron chi connectivity index (χ0n) is 13.2. The van der Waals surface area contributed by atoms with Gasteiger partial charge in [-0.3, -0.25) is 0 Å². The van der Waals surface area contributed by atoms with E-state index in [2.05, 4.69) is 20.5 Å². The molecule has 0 atom stereocenters. The number of nitriles is 1. The van der Waals surface area contributed by atoms with Crippen molar-refractivity contribution in [3.8, 4) is 6.07 Å². The number of oxazole rings is 1. The van der Waals surface area contributed by atoms with Gasteiger partial charge >= 0.3 is 0 Å². The molecule has 0 bridgehead atoms. The van der Waals surface area contributed by atoms with Crippen LogP contribution >= 0.6 is 0 Å². The Morgan fingerprint density at radius 1 is 1.39 bits per heavy atom. The summed E-state index contributed by atoms with van der Waals surface area (Å²) in [7, 11) is 0. The summed E-state index contributed by atoms with van der Waals surface area (Å²) in [6.07, 6.45) is 1.72. The highest BCUT2D eigenvalue weighted by Crippen LogP contribution is 2.23. The summed E-state index contributed by atoms with van der Waals surface area (Å²) >= 11 is 0. The number of benzene rings is 1. The number of nitrogens with zero attached hydrogens (tertiary/aromatic N) is 3. The number of hydrogen-bond donors (Lipinski definition) is 2. The molecule has 6 nitrogen and oxygen atoms in total. The van der Waals surface area contributed by atoms with Gasteiger partial charge in [-0.2, -0.15) is 10.4 Å². The molecule has 0 spiro atoms. The predicted octanol–water partition coefficient (Wildman–Crippen LogP) is 3.91. The van der Waals surface area contributed by atoms with E-state index in [4.69, 9.17) is 9.68 Å². The van der Waals surface area contributed by atoms with Gasteiger partial charge in [0.1, 0.15) is 6.07 Å². The lowest BCUT2D eigenvalue weighted by atomic mass is 10.1. The highest BCUT2D eigenvalue weighted by molar-refractivity contribution is 6.00. The quantitative estimate of drug-likeness (QED) is 0.565. The van der Waals surface area contributed by atoms with Gasteiger partial charge in [-0.05, 0) is 13.0 Å². The molecule has 0 aliphatic carbocycles. The van der Waals surface area contributed by atoms with Gasteiger partial charge in [-0.15, -0.1) is 0 Å². The fourth-order valence-electron chi connectivity index (χ4n) is 2.36. The monoisotopic (exact) mass is 307 g/mol. The average molecular weight is 307 g/mol. The van der Waals surface area contributed by atoms with E-state index in [-0.39, 0.29) is 17.5 Å². The molecule has 3 rings (SSSR count). The van der Waals surface area contributed by atoms with Crippen molar-refractivity contribution in [2.24, 2.45) is 5.10 Å². The molecule has 0 saturated carbocycles. The molecule has 0 amide bonds. The van der Waals surface area contributed by atoms with Crippen LogP contribution in [0.5, 0.6) is 0 Å². The van der Waals surface area contributed by atoms with Crippen molar-refractivity contribution in [2.45, 2.75) is 26.7 Å². The molecule has 0 radical (unpaired) electrons. The van der Waals surface area contributed by atoms with Crippen LogP contribution in [0.15, 0.2) is 33.8 Å². The summed E-state index contributed by atoms with van der Waals surface area (Å²) in [5.41, 5.74) is 6.07. The second-order valence-corrected chi connectivity index (χ2v) is 5.58. The van der Waals surface area contributed by atoms with Gasteiger partial charge in [0.25, 0.3) is 5.88 Å². The third kappa shape index (κ3) is 2.81. The van der Waals surface area contributed by atoms with Crippen LogP contribution in [-0.2, 0) is 0 Å². The van der Waals surface area contributed by atoms with Gasteiger partial charge in [0.2, 0.25) is 11.6 Å². The van der Waals surface area contributed by atoms with Crippen LogP contribution in [0.1, 0.15) is 42.6 Å². The molecule has 2 heterocycles. The molecule has 3 aromatic rings. The first-order valence-corrected chi connectivity index (χ1v) is 7.37. The first-order chi connectivity index (χ1) is 11.1. The molecular formula is C17H17N5O. The molecule has 0 unspecified atom stereocenters. The topological polar surface area (TPSA) is 90.0 Å². The van der Waals surface area contributed by atoms with Gasteiger partial charge in [-0.25, -0.2) is 10.4 Å². The molecule has 0 saturated heterocycles. The number of nitrogens with one attached hydrogen (secondary N) is 2. The van der Waals surface area contributed by atoms with Gasteiger partial charge in [0.15, 0.2) is 0 Å². The Kier molecular flexibility index (Phi) is 3.85. The van der Waals surface area contributed by atoms with Crippen molar-refractivity contribution >= 4 is 23.0 Å². The first kappa shape index (κ1) is 14.9. The Morgan fingerprint density at radius 2 is 2.17 bits per heavy atom. The summed E-state index contributed by atoms with van der Waals surface area (Å²) in [6.45, 7) is 5.90. The maximum Gasteiger partial charge on any atom is 0.252 e. The van der Waals surface area contributed by atoms with E-state index in [1.807, 2.05) is 51.1 Å². The van der Waals surface area contributed by atoms with Gasteiger partial charge < -0.3 is 9.40 Å². The van der Waals surface area contributed by atoms with E-state index >= 15 is 0 Å². The van der Waals surface area contributed by atoms with Crippen LogP contribution in [0.25, 0.3) is 10.9 Å². The lowest BCUT2D eigenvalue weighted by Crippen LogP contribution is -1.92. The Balaban J connectivity index is 1.87. The van der Waals surface area contributed by atoms with Crippen molar-refractivity contribution in [3.05, 3.63) is 47.1 Å². The van der Waals surface area contributed by atoms with Gasteiger partial charge in [0, 0.05) is 28.1 Å². The van der Waals surface area contributed by atoms with Crippen LogP contribution in [0.4, 0.5) is 5.88 Å². The van der Waals surface area contributed by atoms with Crippen LogP contribution in [-0.4, -0.2) is 16.2 Å². The Labute approximate surface area is 133 Å². The lowest BCUT2D eigenvalue weighted by molar-refractivity contribution is 0.481. The number of H-pyrrole nitrogens is 1. The zero-order chi connectivity index (χ0) is 16.4. The molecule has 116 valence electrons. The molecule has 2 aromatic heterocycles. The van der Waals surface area contributed by atoms with Crippen molar-refractivity contribution in [1.29, 1.82) is 5.26 Å². The molecule has 0 fully saturated rings. The largest absolute Gasteiger partial charge is 0.422 e. The second-order valence-electron chi connectivity index (χ2n) is 5.58. The van der Waals surface area contributed by atoms with Crippen LogP contribution in [0, 0.1) is 18.3 Å².